The molecule has 0 aliphatic carbocycles. The standard InChI is InChI=1S/C25H22N4O2/c26-21-12-5-10-19(15-21)24-17-22(13-4-9-18-7-2-1-3-8-18)27-25(28-24)20-11-6-14-23(16-20)29(30)31/h1-3,5-8,10-12,14-17H,4,9,13,26H2. The van der Waals surface area contributed by atoms with Crippen molar-refractivity contribution in [1.29, 1.82) is 0 Å². The second kappa shape index (κ2) is 9.17. The highest BCUT2D eigenvalue weighted by Gasteiger charge is 2.13. The minimum Gasteiger partial charge on any atom is -0.399 e. The van der Waals surface area contributed by atoms with Gasteiger partial charge in [-0.15, -0.1) is 0 Å². The molecular weight excluding hydrogens is 388 g/mol. The van der Waals surface area contributed by atoms with Crippen LogP contribution in [0, 0.1) is 10.1 Å². The summed E-state index contributed by atoms with van der Waals surface area (Å²) in [6, 6.07) is 26.2. The summed E-state index contributed by atoms with van der Waals surface area (Å²) in [4.78, 5) is 20.2. The molecule has 2 N–H and O–H groups in total. The van der Waals surface area contributed by atoms with Crippen LogP contribution in [-0.4, -0.2) is 14.9 Å². The maximum atomic E-state index is 11.2. The molecule has 0 aliphatic rings. The monoisotopic (exact) mass is 410 g/mol. The Bertz CT molecular complexity index is 1210. The predicted octanol–water partition coefficient (Wildman–Crippen LogP) is 5.48. The minimum absolute atomic E-state index is 0.0149. The number of rotatable bonds is 7. The summed E-state index contributed by atoms with van der Waals surface area (Å²) >= 11 is 0. The molecule has 154 valence electrons. The Hall–Kier alpha value is -4.06. The third-order valence-corrected chi connectivity index (χ3v) is 5.02. The molecule has 0 saturated heterocycles. The zero-order chi connectivity index (χ0) is 21.6. The highest BCUT2D eigenvalue weighted by atomic mass is 16.6. The molecule has 6 heteroatoms. The molecule has 0 bridgehead atoms. The van der Waals surface area contributed by atoms with Crippen molar-refractivity contribution in [2.45, 2.75) is 19.3 Å². The van der Waals surface area contributed by atoms with E-state index in [1.54, 1.807) is 12.1 Å². The number of nitrogens with zero attached hydrogens (tertiary/aromatic N) is 3. The average molecular weight is 410 g/mol. The second-order valence-corrected chi connectivity index (χ2v) is 7.34. The van der Waals surface area contributed by atoms with Crippen LogP contribution in [0.2, 0.25) is 0 Å². The summed E-state index contributed by atoms with van der Waals surface area (Å²) in [6.07, 6.45) is 2.66. The van der Waals surface area contributed by atoms with E-state index in [1.807, 2.05) is 48.5 Å². The van der Waals surface area contributed by atoms with Crippen LogP contribution in [0.15, 0.2) is 84.9 Å². The zero-order valence-corrected chi connectivity index (χ0v) is 16.9. The molecule has 6 nitrogen and oxygen atoms in total. The third-order valence-electron chi connectivity index (χ3n) is 5.02. The number of non-ortho nitro benzene ring substituents is 1. The normalized spacial score (nSPS) is 10.7. The highest BCUT2D eigenvalue weighted by molar-refractivity contribution is 5.68. The quantitative estimate of drug-likeness (QED) is 0.247. The fourth-order valence-electron chi connectivity index (χ4n) is 3.48. The van der Waals surface area contributed by atoms with Gasteiger partial charge in [0.15, 0.2) is 5.82 Å². The lowest BCUT2D eigenvalue weighted by molar-refractivity contribution is -0.384. The van der Waals surface area contributed by atoms with Crippen LogP contribution in [0.5, 0.6) is 0 Å². The number of nitro benzene ring substituents is 1. The molecule has 0 saturated carbocycles. The van der Waals surface area contributed by atoms with Gasteiger partial charge in [0, 0.05) is 34.6 Å². The van der Waals surface area contributed by atoms with Crippen molar-refractivity contribution in [3.8, 4) is 22.6 Å². The fraction of sp³-hybridized carbons (Fsp3) is 0.120. The lowest BCUT2D eigenvalue weighted by atomic mass is 10.0. The van der Waals surface area contributed by atoms with Crippen LogP contribution in [-0.2, 0) is 12.8 Å². The van der Waals surface area contributed by atoms with Crippen LogP contribution in [0.3, 0.4) is 0 Å². The molecule has 0 fully saturated rings. The molecule has 0 atom stereocenters. The molecule has 31 heavy (non-hydrogen) atoms. The van der Waals surface area contributed by atoms with E-state index in [4.69, 9.17) is 15.7 Å². The summed E-state index contributed by atoms with van der Waals surface area (Å²) in [5.74, 6) is 0.471. The number of aryl methyl sites for hydroxylation is 2. The minimum atomic E-state index is -0.411. The predicted molar refractivity (Wildman–Crippen MR) is 122 cm³/mol. The fourth-order valence-corrected chi connectivity index (χ4v) is 3.48. The van der Waals surface area contributed by atoms with Gasteiger partial charge in [-0.2, -0.15) is 0 Å². The first kappa shape index (κ1) is 20.2. The van der Waals surface area contributed by atoms with Crippen LogP contribution >= 0.6 is 0 Å². The number of nitrogen functional groups attached to an aromatic ring is 1. The zero-order valence-electron chi connectivity index (χ0n) is 16.9. The number of aromatic nitrogens is 2. The molecule has 0 unspecified atom stereocenters. The van der Waals surface area contributed by atoms with Crippen LogP contribution in [0.1, 0.15) is 17.7 Å². The number of hydrogen-bond acceptors (Lipinski definition) is 5. The number of nitrogens with two attached hydrogens (primary N) is 1. The van der Waals surface area contributed by atoms with E-state index in [2.05, 4.69) is 12.1 Å². The first-order chi connectivity index (χ1) is 15.1. The summed E-state index contributed by atoms with van der Waals surface area (Å²) < 4.78 is 0. The van der Waals surface area contributed by atoms with E-state index in [0.29, 0.717) is 17.1 Å². The molecule has 0 aliphatic heterocycles. The maximum absolute atomic E-state index is 11.2. The molecule has 0 radical (unpaired) electrons. The molecule has 3 aromatic carbocycles. The first-order valence-electron chi connectivity index (χ1n) is 10.1. The van der Waals surface area contributed by atoms with Gasteiger partial charge in [0.1, 0.15) is 0 Å². The van der Waals surface area contributed by atoms with Gasteiger partial charge in [0.25, 0.3) is 5.69 Å². The van der Waals surface area contributed by atoms with Gasteiger partial charge in [-0.05, 0) is 43.0 Å². The van der Waals surface area contributed by atoms with Crippen molar-refractivity contribution in [3.63, 3.8) is 0 Å². The van der Waals surface area contributed by atoms with Gasteiger partial charge in [-0.1, -0.05) is 54.6 Å². The summed E-state index contributed by atoms with van der Waals surface area (Å²) in [6.45, 7) is 0. The SMILES string of the molecule is Nc1cccc(-c2cc(CCCc3ccccc3)nc(-c3cccc([N+](=O)[O-])c3)n2)c1. The number of benzene rings is 3. The Morgan fingerprint density at radius 1 is 0.806 bits per heavy atom. The highest BCUT2D eigenvalue weighted by Crippen LogP contribution is 2.26. The summed E-state index contributed by atoms with van der Waals surface area (Å²) in [5.41, 5.74) is 11.1. The van der Waals surface area contributed by atoms with Crippen LogP contribution in [0.4, 0.5) is 11.4 Å². The average Bonchev–Trinajstić information content (AvgIpc) is 2.80. The van der Waals surface area contributed by atoms with E-state index in [-0.39, 0.29) is 5.69 Å². The van der Waals surface area contributed by atoms with Gasteiger partial charge in [-0.25, -0.2) is 9.97 Å². The van der Waals surface area contributed by atoms with E-state index < -0.39 is 4.92 Å². The summed E-state index contributed by atoms with van der Waals surface area (Å²) in [5, 5.41) is 11.2. The number of anilines is 1. The van der Waals surface area contributed by atoms with E-state index >= 15 is 0 Å². The van der Waals surface area contributed by atoms with Gasteiger partial charge >= 0.3 is 0 Å². The van der Waals surface area contributed by atoms with Crippen molar-refractivity contribution in [2.75, 3.05) is 5.73 Å². The second-order valence-electron chi connectivity index (χ2n) is 7.34. The Kier molecular flexibility index (Phi) is 5.98. The van der Waals surface area contributed by atoms with Crippen molar-refractivity contribution < 1.29 is 4.92 Å². The topological polar surface area (TPSA) is 94.9 Å². The van der Waals surface area contributed by atoms with Gasteiger partial charge in [0.2, 0.25) is 0 Å². The molecule has 1 aromatic heterocycles. The number of hydrogen-bond donors (Lipinski definition) is 1. The Balaban J connectivity index is 1.68. The van der Waals surface area contributed by atoms with Crippen LogP contribution < -0.4 is 5.73 Å². The molecule has 0 amide bonds. The molecule has 0 spiro atoms. The van der Waals surface area contributed by atoms with Gasteiger partial charge in [-0.3, -0.25) is 10.1 Å². The van der Waals surface area contributed by atoms with Gasteiger partial charge < -0.3 is 5.73 Å². The molecule has 4 aromatic rings. The Labute approximate surface area is 180 Å². The Morgan fingerprint density at radius 3 is 2.35 bits per heavy atom. The van der Waals surface area contributed by atoms with Crippen molar-refractivity contribution >= 4 is 11.4 Å². The largest absolute Gasteiger partial charge is 0.399 e. The number of nitro groups is 1. The third kappa shape index (κ3) is 5.11. The first-order valence-corrected chi connectivity index (χ1v) is 10.1. The Morgan fingerprint density at radius 2 is 1.58 bits per heavy atom. The van der Waals surface area contributed by atoms with Crippen molar-refractivity contribution in [3.05, 3.63) is 106 Å². The van der Waals surface area contributed by atoms with Gasteiger partial charge in [0.05, 0.1) is 10.6 Å². The maximum Gasteiger partial charge on any atom is 0.270 e. The van der Waals surface area contributed by atoms with Crippen LogP contribution in [0.25, 0.3) is 22.6 Å². The molecular formula is C25H22N4O2. The van der Waals surface area contributed by atoms with E-state index in [9.17, 15) is 10.1 Å². The smallest absolute Gasteiger partial charge is 0.270 e. The van der Waals surface area contributed by atoms with E-state index in [1.165, 1.54) is 17.7 Å². The van der Waals surface area contributed by atoms with Crippen molar-refractivity contribution in [1.82, 2.24) is 9.97 Å². The van der Waals surface area contributed by atoms with Crippen molar-refractivity contribution in [2.24, 2.45) is 0 Å². The molecule has 4 rings (SSSR count). The lowest BCUT2D eigenvalue weighted by Crippen LogP contribution is -2.00. The van der Waals surface area contributed by atoms with E-state index in [0.717, 1.165) is 36.2 Å². The summed E-state index contributed by atoms with van der Waals surface area (Å²) in [7, 11) is 0. The molecule has 1 heterocycles. The lowest BCUT2D eigenvalue weighted by Gasteiger charge is -2.10.